The second kappa shape index (κ2) is 4.22. The molecule has 1 aromatic heterocycles. The van der Waals surface area contributed by atoms with Crippen molar-refractivity contribution in [2.45, 2.75) is 26.0 Å². The molecule has 0 bridgehead atoms. The van der Waals surface area contributed by atoms with Crippen LogP contribution in [0.4, 0.5) is 0 Å². The van der Waals surface area contributed by atoms with Crippen molar-refractivity contribution in [2.75, 3.05) is 0 Å². The molecule has 0 spiro atoms. The average Bonchev–Trinajstić information content (AvgIpc) is 2.68. The van der Waals surface area contributed by atoms with E-state index in [1.165, 1.54) is 13.8 Å². The van der Waals surface area contributed by atoms with Crippen molar-refractivity contribution in [2.24, 2.45) is 0 Å². The van der Waals surface area contributed by atoms with Gasteiger partial charge in [0.25, 0.3) is 5.91 Å². The molecule has 0 saturated carbocycles. The Balaban J connectivity index is 2.12. The number of hydrogen-bond acceptors (Lipinski definition) is 2. The van der Waals surface area contributed by atoms with Crippen molar-refractivity contribution >= 4 is 16.8 Å². The Morgan fingerprint density at radius 2 is 2.12 bits per heavy atom. The highest BCUT2D eigenvalue weighted by Gasteiger charge is 2.23. The van der Waals surface area contributed by atoms with Gasteiger partial charge in [0.05, 0.1) is 0 Å². The summed E-state index contributed by atoms with van der Waals surface area (Å²) in [4.78, 5) is 14.7. The molecule has 3 N–H and O–H groups in total. The van der Waals surface area contributed by atoms with Crippen molar-refractivity contribution in [1.29, 1.82) is 0 Å². The minimum Gasteiger partial charge on any atom is -0.381 e. The number of fused-ring (bicyclic) bond motifs is 1. The van der Waals surface area contributed by atoms with Crippen LogP contribution in [0.15, 0.2) is 30.5 Å². The van der Waals surface area contributed by atoms with Gasteiger partial charge in [-0.2, -0.15) is 0 Å². The highest BCUT2D eigenvalue weighted by atomic mass is 16.3. The van der Waals surface area contributed by atoms with Crippen LogP contribution in [0.1, 0.15) is 19.4 Å². The molecule has 2 aromatic rings. The molecular weight excluding hydrogens is 216 g/mol. The minimum absolute atomic E-state index is 0.372. The predicted molar refractivity (Wildman–Crippen MR) is 66.4 cm³/mol. The molecule has 2 rings (SSSR count). The highest BCUT2D eigenvalue weighted by Crippen LogP contribution is 2.17. The van der Waals surface area contributed by atoms with Crippen LogP contribution in [0, 0.1) is 0 Å². The van der Waals surface area contributed by atoms with E-state index in [0.717, 1.165) is 16.5 Å². The second-order valence-corrected chi connectivity index (χ2v) is 4.60. The first kappa shape index (κ1) is 11.7. The molecule has 1 heterocycles. The number of carbonyl (C=O) groups is 1. The number of amides is 1. The summed E-state index contributed by atoms with van der Waals surface area (Å²) in [6, 6.07) is 7.89. The lowest BCUT2D eigenvalue weighted by Gasteiger charge is -2.16. The zero-order valence-corrected chi connectivity index (χ0v) is 9.95. The average molecular weight is 232 g/mol. The van der Waals surface area contributed by atoms with Gasteiger partial charge < -0.3 is 15.4 Å². The van der Waals surface area contributed by atoms with Gasteiger partial charge in [0.1, 0.15) is 5.60 Å². The monoisotopic (exact) mass is 232 g/mol. The molecular formula is C13H16N2O2. The number of nitrogens with one attached hydrogen (secondary N) is 2. The van der Waals surface area contributed by atoms with E-state index in [4.69, 9.17) is 0 Å². The molecule has 0 aliphatic carbocycles. The van der Waals surface area contributed by atoms with E-state index in [1.807, 2.05) is 30.5 Å². The number of carbonyl (C=O) groups excluding carboxylic acids is 1. The van der Waals surface area contributed by atoms with E-state index in [1.54, 1.807) is 0 Å². The third kappa shape index (κ3) is 2.47. The van der Waals surface area contributed by atoms with Gasteiger partial charge in [-0.05, 0) is 25.5 Å². The Morgan fingerprint density at radius 3 is 2.82 bits per heavy atom. The van der Waals surface area contributed by atoms with Gasteiger partial charge in [-0.3, -0.25) is 4.79 Å². The molecule has 0 unspecified atom stereocenters. The molecule has 4 nitrogen and oxygen atoms in total. The Labute approximate surface area is 99.7 Å². The van der Waals surface area contributed by atoms with Gasteiger partial charge >= 0.3 is 0 Å². The molecule has 1 amide bonds. The minimum atomic E-state index is -1.34. The lowest BCUT2D eigenvalue weighted by molar-refractivity contribution is -0.136. The van der Waals surface area contributed by atoms with Gasteiger partial charge in [0.2, 0.25) is 0 Å². The first-order valence-corrected chi connectivity index (χ1v) is 5.54. The van der Waals surface area contributed by atoms with Crippen LogP contribution in [-0.2, 0) is 11.3 Å². The normalized spacial score (nSPS) is 11.7. The molecule has 1 aromatic carbocycles. The van der Waals surface area contributed by atoms with Gasteiger partial charge in [0.15, 0.2) is 0 Å². The van der Waals surface area contributed by atoms with E-state index in [2.05, 4.69) is 10.3 Å². The number of aromatic amines is 1. The first-order valence-electron chi connectivity index (χ1n) is 5.54. The number of hydrogen-bond donors (Lipinski definition) is 3. The van der Waals surface area contributed by atoms with E-state index in [9.17, 15) is 9.90 Å². The highest BCUT2D eigenvalue weighted by molar-refractivity contribution is 5.86. The van der Waals surface area contributed by atoms with Crippen LogP contribution in [0.2, 0.25) is 0 Å². The number of benzene rings is 1. The molecule has 0 aliphatic heterocycles. The first-order chi connectivity index (χ1) is 7.98. The Hall–Kier alpha value is -1.81. The number of rotatable bonds is 3. The predicted octanol–water partition coefficient (Wildman–Crippen LogP) is 1.55. The van der Waals surface area contributed by atoms with Crippen molar-refractivity contribution in [3.8, 4) is 0 Å². The summed E-state index contributed by atoms with van der Waals surface area (Å²) in [6.45, 7) is 3.35. The quantitative estimate of drug-likeness (QED) is 0.751. The Morgan fingerprint density at radius 1 is 1.41 bits per heavy atom. The van der Waals surface area contributed by atoms with Crippen LogP contribution in [-0.4, -0.2) is 21.6 Å². The summed E-state index contributed by atoms with van der Waals surface area (Å²) in [5.41, 5.74) is 0.713. The van der Waals surface area contributed by atoms with Crippen LogP contribution in [0.3, 0.4) is 0 Å². The van der Waals surface area contributed by atoms with Gasteiger partial charge in [-0.1, -0.05) is 18.2 Å². The summed E-state index contributed by atoms with van der Waals surface area (Å²) in [7, 11) is 0. The lowest BCUT2D eigenvalue weighted by Crippen LogP contribution is -2.41. The van der Waals surface area contributed by atoms with Gasteiger partial charge in [-0.25, -0.2) is 0 Å². The summed E-state index contributed by atoms with van der Waals surface area (Å²) in [6.07, 6.45) is 1.87. The molecule has 0 radical (unpaired) electrons. The fourth-order valence-corrected chi connectivity index (χ4v) is 1.67. The third-order valence-corrected chi connectivity index (χ3v) is 2.67. The topological polar surface area (TPSA) is 65.1 Å². The van der Waals surface area contributed by atoms with Crippen LogP contribution in [0.25, 0.3) is 10.9 Å². The fraction of sp³-hybridized carbons (Fsp3) is 0.308. The van der Waals surface area contributed by atoms with E-state index in [0.29, 0.717) is 6.54 Å². The van der Waals surface area contributed by atoms with E-state index < -0.39 is 5.60 Å². The molecule has 0 fully saturated rings. The summed E-state index contributed by atoms with van der Waals surface area (Å²) < 4.78 is 0. The van der Waals surface area contributed by atoms with Gasteiger partial charge in [-0.15, -0.1) is 0 Å². The zero-order valence-electron chi connectivity index (χ0n) is 9.95. The van der Waals surface area contributed by atoms with Gasteiger partial charge in [0, 0.05) is 23.6 Å². The Bertz CT molecular complexity index is 538. The molecule has 0 aliphatic rings. The standard InChI is InChI=1S/C13H16N2O2/c1-13(2,17)12(16)15-8-9-7-14-11-6-4-3-5-10(9)11/h3-7,14,17H,8H2,1-2H3,(H,15,16). The van der Waals surface area contributed by atoms with E-state index in [-0.39, 0.29) is 5.91 Å². The molecule has 0 saturated heterocycles. The lowest BCUT2D eigenvalue weighted by atomic mass is 10.1. The number of para-hydroxylation sites is 1. The third-order valence-electron chi connectivity index (χ3n) is 2.67. The smallest absolute Gasteiger partial charge is 0.251 e. The number of aromatic nitrogens is 1. The summed E-state index contributed by atoms with van der Waals surface area (Å²) in [5, 5.41) is 13.3. The number of H-pyrrole nitrogens is 1. The maximum atomic E-state index is 11.5. The summed E-state index contributed by atoms with van der Waals surface area (Å²) in [5.74, 6) is -0.372. The van der Waals surface area contributed by atoms with Crippen LogP contribution >= 0.6 is 0 Å². The number of aliphatic hydroxyl groups is 1. The van der Waals surface area contributed by atoms with Crippen LogP contribution in [0.5, 0.6) is 0 Å². The summed E-state index contributed by atoms with van der Waals surface area (Å²) >= 11 is 0. The van der Waals surface area contributed by atoms with Crippen LogP contribution < -0.4 is 5.32 Å². The Kier molecular flexibility index (Phi) is 2.90. The zero-order chi connectivity index (χ0) is 12.5. The molecule has 17 heavy (non-hydrogen) atoms. The molecule has 0 atom stereocenters. The SMILES string of the molecule is CC(C)(O)C(=O)NCc1c[nH]c2ccccc12. The van der Waals surface area contributed by atoms with Crippen molar-refractivity contribution in [3.63, 3.8) is 0 Å². The fourth-order valence-electron chi connectivity index (χ4n) is 1.67. The second-order valence-electron chi connectivity index (χ2n) is 4.60. The largest absolute Gasteiger partial charge is 0.381 e. The molecule has 4 heteroatoms. The maximum absolute atomic E-state index is 11.5. The molecule has 90 valence electrons. The van der Waals surface area contributed by atoms with Crippen molar-refractivity contribution < 1.29 is 9.90 Å². The van der Waals surface area contributed by atoms with Crippen molar-refractivity contribution in [3.05, 3.63) is 36.0 Å². The maximum Gasteiger partial charge on any atom is 0.251 e. The van der Waals surface area contributed by atoms with E-state index >= 15 is 0 Å². The van der Waals surface area contributed by atoms with Crippen molar-refractivity contribution in [1.82, 2.24) is 10.3 Å².